The maximum atomic E-state index is 11.7. The first-order valence-corrected chi connectivity index (χ1v) is 7.99. The van der Waals surface area contributed by atoms with E-state index < -0.39 is 0 Å². The van der Waals surface area contributed by atoms with Gasteiger partial charge in [0.25, 0.3) is 5.91 Å². The van der Waals surface area contributed by atoms with E-state index in [9.17, 15) is 4.79 Å². The Morgan fingerprint density at radius 2 is 1.74 bits per heavy atom. The maximum Gasteiger partial charge on any atom is 0.251 e. The first kappa shape index (κ1) is 17.0. The molecule has 2 N–H and O–H groups in total. The van der Waals surface area contributed by atoms with Gasteiger partial charge in [-0.25, -0.2) is 0 Å². The van der Waals surface area contributed by atoms with Crippen molar-refractivity contribution in [1.29, 1.82) is 0 Å². The quantitative estimate of drug-likeness (QED) is 0.820. The number of carbonyl (C=O) groups is 1. The lowest BCUT2D eigenvalue weighted by Gasteiger charge is -2.07. The highest BCUT2D eigenvalue weighted by atomic mass is 16.1. The smallest absolute Gasteiger partial charge is 0.251 e. The van der Waals surface area contributed by atoms with Crippen molar-refractivity contribution in [2.75, 3.05) is 13.1 Å². The van der Waals surface area contributed by atoms with Crippen LogP contribution < -0.4 is 10.6 Å². The second-order valence-corrected chi connectivity index (χ2v) is 5.56. The predicted molar refractivity (Wildman–Crippen MR) is 96.2 cm³/mol. The fourth-order valence-corrected chi connectivity index (χ4v) is 2.33. The summed E-state index contributed by atoms with van der Waals surface area (Å²) in [5.41, 5.74) is 4.38. The number of rotatable bonds is 7. The van der Waals surface area contributed by atoms with Gasteiger partial charge in [0.15, 0.2) is 0 Å². The number of hydrogen-bond acceptors (Lipinski definition) is 2. The monoisotopic (exact) mass is 308 g/mol. The molecule has 0 fully saturated rings. The van der Waals surface area contributed by atoms with Crippen LogP contribution in [0.2, 0.25) is 0 Å². The van der Waals surface area contributed by atoms with Crippen LogP contribution in [0.1, 0.15) is 35.3 Å². The average molecular weight is 308 g/mol. The Balaban J connectivity index is 1.82. The van der Waals surface area contributed by atoms with Crippen LogP contribution in [-0.4, -0.2) is 19.0 Å². The summed E-state index contributed by atoms with van der Waals surface area (Å²) in [6.07, 6.45) is 2.19. The van der Waals surface area contributed by atoms with Crippen LogP contribution in [0.25, 0.3) is 6.08 Å². The Morgan fingerprint density at radius 3 is 2.39 bits per heavy atom. The molecule has 0 unspecified atom stereocenters. The second-order valence-electron chi connectivity index (χ2n) is 5.56. The summed E-state index contributed by atoms with van der Waals surface area (Å²) in [6.45, 7) is 6.32. The molecule has 0 radical (unpaired) electrons. The molecule has 0 saturated carbocycles. The van der Waals surface area contributed by atoms with Crippen molar-refractivity contribution in [3.05, 3.63) is 76.9 Å². The first-order chi connectivity index (χ1) is 11.2. The normalized spacial score (nSPS) is 11.3. The molecule has 0 aliphatic heterocycles. The third-order valence-corrected chi connectivity index (χ3v) is 3.50. The lowest BCUT2D eigenvalue weighted by atomic mass is 10.1. The predicted octanol–water partition coefficient (Wildman–Crippen LogP) is 3.63. The zero-order chi connectivity index (χ0) is 16.5. The van der Waals surface area contributed by atoms with Gasteiger partial charge in [-0.3, -0.25) is 4.79 Å². The molecule has 120 valence electrons. The molecule has 1 amide bonds. The molecule has 3 heteroatoms. The number of benzene rings is 2. The van der Waals surface area contributed by atoms with Gasteiger partial charge >= 0.3 is 0 Å². The largest absolute Gasteiger partial charge is 0.352 e. The highest BCUT2D eigenvalue weighted by molar-refractivity contribution is 5.94. The minimum atomic E-state index is -0.0198. The van der Waals surface area contributed by atoms with Gasteiger partial charge in [0, 0.05) is 25.2 Å². The van der Waals surface area contributed by atoms with Crippen molar-refractivity contribution in [2.45, 2.75) is 20.4 Å². The van der Waals surface area contributed by atoms with E-state index in [0.29, 0.717) is 12.1 Å². The fourth-order valence-electron chi connectivity index (χ4n) is 2.33. The molecular weight excluding hydrogens is 284 g/mol. The number of nitrogens with one attached hydrogen (secondary N) is 2. The van der Waals surface area contributed by atoms with Crippen molar-refractivity contribution in [2.24, 2.45) is 0 Å². The van der Waals surface area contributed by atoms with Crippen LogP contribution in [0.3, 0.4) is 0 Å². The molecule has 2 aromatic rings. The van der Waals surface area contributed by atoms with E-state index in [0.717, 1.165) is 13.1 Å². The lowest BCUT2D eigenvalue weighted by molar-refractivity contribution is 0.0956. The van der Waals surface area contributed by atoms with Crippen molar-refractivity contribution >= 4 is 12.0 Å². The summed E-state index contributed by atoms with van der Waals surface area (Å²) in [5.74, 6) is -0.0198. The molecule has 0 spiro atoms. The third-order valence-electron chi connectivity index (χ3n) is 3.50. The lowest BCUT2D eigenvalue weighted by Crippen LogP contribution is -2.22. The van der Waals surface area contributed by atoms with Gasteiger partial charge in [0.05, 0.1) is 0 Å². The van der Waals surface area contributed by atoms with Gasteiger partial charge in [0.1, 0.15) is 0 Å². The molecule has 2 aromatic carbocycles. The Bertz CT molecular complexity index is 645. The summed E-state index contributed by atoms with van der Waals surface area (Å²) in [7, 11) is 0. The van der Waals surface area contributed by atoms with E-state index in [-0.39, 0.29) is 5.91 Å². The molecular formula is C20H24N2O. The molecule has 23 heavy (non-hydrogen) atoms. The van der Waals surface area contributed by atoms with Crippen LogP contribution in [-0.2, 0) is 6.54 Å². The SMILES string of the molecule is CCNC(=O)c1ccc(CNC/C(C)=C/c2ccccc2)cc1. The average Bonchev–Trinajstić information content (AvgIpc) is 2.56. The van der Waals surface area contributed by atoms with Crippen molar-refractivity contribution in [3.8, 4) is 0 Å². The summed E-state index contributed by atoms with van der Waals surface area (Å²) in [6, 6.07) is 18.0. The molecule has 3 nitrogen and oxygen atoms in total. The van der Waals surface area contributed by atoms with Crippen LogP contribution >= 0.6 is 0 Å². The molecule has 2 rings (SSSR count). The summed E-state index contributed by atoms with van der Waals surface area (Å²) in [4.78, 5) is 11.7. The molecule has 0 bridgehead atoms. The van der Waals surface area contributed by atoms with Crippen LogP contribution in [0.4, 0.5) is 0 Å². The van der Waals surface area contributed by atoms with Gasteiger partial charge in [-0.15, -0.1) is 0 Å². The molecule has 0 saturated heterocycles. The zero-order valence-corrected chi connectivity index (χ0v) is 13.8. The molecule has 0 heterocycles. The maximum absolute atomic E-state index is 11.7. The van der Waals surface area contributed by atoms with E-state index >= 15 is 0 Å². The van der Waals surface area contributed by atoms with Crippen LogP contribution in [0, 0.1) is 0 Å². The van der Waals surface area contributed by atoms with Crippen molar-refractivity contribution < 1.29 is 4.79 Å². The second kappa shape index (κ2) is 8.91. The summed E-state index contributed by atoms with van der Waals surface area (Å²) < 4.78 is 0. The Hall–Kier alpha value is -2.39. The summed E-state index contributed by atoms with van der Waals surface area (Å²) >= 11 is 0. The summed E-state index contributed by atoms with van der Waals surface area (Å²) in [5, 5.41) is 6.23. The van der Waals surface area contributed by atoms with Crippen LogP contribution in [0.15, 0.2) is 60.2 Å². The van der Waals surface area contributed by atoms with Gasteiger partial charge < -0.3 is 10.6 Å². The van der Waals surface area contributed by atoms with E-state index in [1.54, 1.807) is 0 Å². The number of carbonyl (C=O) groups excluding carboxylic acids is 1. The highest BCUT2D eigenvalue weighted by Gasteiger charge is 2.03. The zero-order valence-electron chi connectivity index (χ0n) is 13.8. The van der Waals surface area contributed by atoms with E-state index in [1.807, 2.05) is 49.4 Å². The Morgan fingerprint density at radius 1 is 1.04 bits per heavy atom. The fraction of sp³-hybridized carbons (Fsp3) is 0.250. The van der Waals surface area contributed by atoms with E-state index in [2.05, 4.69) is 35.8 Å². The Labute approximate surface area is 138 Å². The minimum Gasteiger partial charge on any atom is -0.352 e. The van der Waals surface area contributed by atoms with Gasteiger partial charge in [-0.1, -0.05) is 54.1 Å². The number of amides is 1. The Kier molecular flexibility index (Phi) is 6.57. The molecule has 0 aliphatic carbocycles. The van der Waals surface area contributed by atoms with Crippen molar-refractivity contribution in [3.63, 3.8) is 0 Å². The van der Waals surface area contributed by atoms with E-state index in [4.69, 9.17) is 0 Å². The van der Waals surface area contributed by atoms with Gasteiger partial charge in [-0.2, -0.15) is 0 Å². The topological polar surface area (TPSA) is 41.1 Å². The first-order valence-electron chi connectivity index (χ1n) is 7.99. The number of hydrogen-bond donors (Lipinski definition) is 2. The minimum absolute atomic E-state index is 0.0198. The molecule has 0 aliphatic rings. The molecule has 0 atom stereocenters. The van der Waals surface area contributed by atoms with Gasteiger partial charge in [0.2, 0.25) is 0 Å². The highest BCUT2D eigenvalue weighted by Crippen LogP contribution is 2.07. The standard InChI is InChI=1S/C20H24N2O/c1-3-22-20(23)19-11-9-18(10-12-19)15-21-14-16(2)13-17-7-5-4-6-8-17/h4-13,21H,3,14-15H2,1-2H3,(H,22,23)/b16-13+. The van der Waals surface area contributed by atoms with Crippen LogP contribution in [0.5, 0.6) is 0 Å². The van der Waals surface area contributed by atoms with Crippen molar-refractivity contribution in [1.82, 2.24) is 10.6 Å². The molecule has 0 aromatic heterocycles. The van der Waals surface area contributed by atoms with Gasteiger partial charge in [-0.05, 0) is 37.1 Å². The third kappa shape index (κ3) is 5.72. The van der Waals surface area contributed by atoms with E-state index in [1.165, 1.54) is 16.7 Å².